The highest BCUT2D eigenvalue weighted by molar-refractivity contribution is 5.98. The van der Waals surface area contributed by atoms with Gasteiger partial charge in [0.05, 0.1) is 12.0 Å². The van der Waals surface area contributed by atoms with E-state index >= 15 is 0 Å². The fraction of sp³-hybridized carbons (Fsp3) is 0.415. The van der Waals surface area contributed by atoms with Crippen molar-refractivity contribution in [2.75, 3.05) is 45.9 Å². The molecule has 0 saturated carbocycles. The Balaban J connectivity index is 1.24. The van der Waals surface area contributed by atoms with Crippen molar-refractivity contribution in [1.82, 2.24) is 29.6 Å². The molecule has 0 radical (unpaired) electrons. The summed E-state index contributed by atoms with van der Waals surface area (Å²) in [5, 5.41) is 2.79. The predicted molar refractivity (Wildman–Crippen MR) is 198 cm³/mol. The van der Waals surface area contributed by atoms with E-state index in [0.717, 1.165) is 50.2 Å². The molecule has 0 bridgehead atoms. The first-order chi connectivity index (χ1) is 25.0. The Kier molecular flexibility index (Phi) is 12.7. The second-order valence-corrected chi connectivity index (χ2v) is 13.6. The first-order valence-electron chi connectivity index (χ1n) is 18.3. The lowest BCUT2D eigenvalue weighted by molar-refractivity contribution is -0.135. The number of nitrogens with one attached hydrogen (secondary N) is 1. The fourth-order valence-corrected chi connectivity index (χ4v) is 7.35. The zero-order valence-electron chi connectivity index (χ0n) is 29.7. The van der Waals surface area contributed by atoms with E-state index in [1.54, 1.807) is 6.33 Å². The molecule has 0 unspecified atom stereocenters. The third kappa shape index (κ3) is 9.71. The first kappa shape index (κ1) is 36.0. The van der Waals surface area contributed by atoms with Crippen molar-refractivity contribution >= 4 is 17.7 Å². The number of aromatic nitrogens is 2. The first-order valence-corrected chi connectivity index (χ1v) is 18.3. The van der Waals surface area contributed by atoms with Gasteiger partial charge in [-0.2, -0.15) is 0 Å². The van der Waals surface area contributed by atoms with E-state index < -0.39 is 0 Å². The molecule has 1 aromatic heterocycles. The molecule has 268 valence electrons. The Morgan fingerprint density at radius 1 is 0.882 bits per heavy atom. The van der Waals surface area contributed by atoms with E-state index in [2.05, 4.69) is 58.7 Å². The SMILES string of the molecule is CC(=O)NCCCC(=O)N(CCn1cnc(C(=O)N2CCN(Cc3ccccc3)C[C@H]2Cc2ccccc2)c1-c1ccccc1)C1CCOCC1. The van der Waals surface area contributed by atoms with Gasteiger partial charge in [-0.15, -0.1) is 0 Å². The van der Waals surface area contributed by atoms with E-state index in [1.165, 1.54) is 18.1 Å². The zero-order chi connectivity index (χ0) is 35.4. The van der Waals surface area contributed by atoms with Crippen LogP contribution in [0.25, 0.3) is 11.3 Å². The van der Waals surface area contributed by atoms with Crippen LogP contribution in [-0.2, 0) is 33.8 Å². The summed E-state index contributed by atoms with van der Waals surface area (Å²) in [6.07, 6.45) is 5.03. The maximum absolute atomic E-state index is 14.7. The average Bonchev–Trinajstić information content (AvgIpc) is 3.59. The number of benzene rings is 3. The Morgan fingerprint density at radius 3 is 2.24 bits per heavy atom. The van der Waals surface area contributed by atoms with Crippen LogP contribution in [0.3, 0.4) is 0 Å². The average molecular weight is 691 g/mol. The number of hydrogen-bond donors (Lipinski definition) is 1. The topological polar surface area (TPSA) is 100 Å². The third-order valence-electron chi connectivity index (χ3n) is 9.95. The maximum Gasteiger partial charge on any atom is 0.275 e. The molecule has 2 saturated heterocycles. The Morgan fingerprint density at radius 2 is 1.55 bits per heavy atom. The van der Waals surface area contributed by atoms with Gasteiger partial charge < -0.3 is 24.4 Å². The normalized spacial score (nSPS) is 16.9. The second-order valence-electron chi connectivity index (χ2n) is 13.6. The van der Waals surface area contributed by atoms with Crippen LogP contribution in [-0.4, -0.2) is 100.0 Å². The minimum absolute atomic E-state index is 0.0229. The van der Waals surface area contributed by atoms with Crippen molar-refractivity contribution < 1.29 is 19.1 Å². The number of imidazole rings is 1. The van der Waals surface area contributed by atoms with Crippen LogP contribution in [0.5, 0.6) is 0 Å². The number of ether oxygens (including phenoxy) is 1. The van der Waals surface area contributed by atoms with Crippen LogP contribution in [0.1, 0.15) is 54.2 Å². The van der Waals surface area contributed by atoms with Crippen LogP contribution >= 0.6 is 0 Å². The van der Waals surface area contributed by atoms with Crippen molar-refractivity contribution in [2.24, 2.45) is 0 Å². The largest absolute Gasteiger partial charge is 0.381 e. The van der Waals surface area contributed by atoms with Gasteiger partial charge in [0.15, 0.2) is 5.69 Å². The zero-order valence-corrected chi connectivity index (χ0v) is 29.7. The number of hydrogen-bond acceptors (Lipinski definition) is 6. The van der Waals surface area contributed by atoms with Crippen molar-refractivity contribution in [3.63, 3.8) is 0 Å². The molecular weight excluding hydrogens is 640 g/mol. The standard InChI is InChI=1S/C41H50N6O4/c1-32(48)42-21-11-18-38(49)46(36-19-26-51-27-20-36)25-23-45-31-43-39(40(45)35-16-9-4-10-17-35)41(50)47-24-22-44(29-34-14-7-3-8-15-34)30-37(47)28-33-12-5-2-6-13-33/h2-10,12-17,31,36-37H,11,18-30H2,1H3,(H,42,48)/t37-/m1/s1. The molecule has 0 aliphatic carbocycles. The number of piperazine rings is 1. The minimum atomic E-state index is -0.0944. The van der Waals surface area contributed by atoms with Crippen LogP contribution in [0.15, 0.2) is 97.3 Å². The number of rotatable bonds is 14. The molecule has 51 heavy (non-hydrogen) atoms. The van der Waals surface area contributed by atoms with Gasteiger partial charge in [-0.05, 0) is 36.8 Å². The maximum atomic E-state index is 14.7. The molecule has 3 amide bonds. The summed E-state index contributed by atoms with van der Waals surface area (Å²) in [5.74, 6) is -0.0895. The summed E-state index contributed by atoms with van der Waals surface area (Å²) in [7, 11) is 0. The van der Waals surface area contributed by atoms with Crippen molar-refractivity contribution in [3.8, 4) is 11.3 Å². The van der Waals surface area contributed by atoms with Crippen LogP contribution in [0.4, 0.5) is 0 Å². The summed E-state index contributed by atoms with van der Waals surface area (Å²) in [4.78, 5) is 50.9. The lowest BCUT2D eigenvalue weighted by Gasteiger charge is -2.41. The van der Waals surface area contributed by atoms with E-state index in [-0.39, 0.29) is 29.8 Å². The summed E-state index contributed by atoms with van der Waals surface area (Å²) in [6.45, 7) is 7.19. The van der Waals surface area contributed by atoms with Gasteiger partial charge in [-0.25, -0.2) is 4.98 Å². The quantitative estimate of drug-likeness (QED) is 0.186. The van der Waals surface area contributed by atoms with Gasteiger partial charge in [0, 0.05) is 90.0 Å². The summed E-state index contributed by atoms with van der Waals surface area (Å²) >= 11 is 0. The van der Waals surface area contributed by atoms with Gasteiger partial charge in [0.25, 0.3) is 5.91 Å². The van der Waals surface area contributed by atoms with E-state index in [4.69, 9.17) is 9.72 Å². The van der Waals surface area contributed by atoms with Crippen LogP contribution in [0.2, 0.25) is 0 Å². The molecule has 0 spiro atoms. The van der Waals surface area contributed by atoms with Crippen molar-refractivity contribution in [3.05, 3.63) is 114 Å². The van der Waals surface area contributed by atoms with Gasteiger partial charge in [-0.3, -0.25) is 19.3 Å². The molecule has 2 fully saturated rings. The predicted octanol–water partition coefficient (Wildman–Crippen LogP) is 5.04. The van der Waals surface area contributed by atoms with E-state index in [0.29, 0.717) is 57.9 Å². The highest BCUT2D eigenvalue weighted by Gasteiger charge is 2.34. The Bertz CT molecular complexity index is 1710. The van der Waals surface area contributed by atoms with E-state index in [9.17, 15) is 14.4 Å². The summed E-state index contributed by atoms with van der Waals surface area (Å²) < 4.78 is 7.66. The molecule has 3 aromatic carbocycles. The molecule has 1 atom stereocenters. The Labute approximate surface area is 301 Å². The van der Waals surface area contributed by atoms with Crippen molar-refractivity contribution in [1.29, 1.82) is 0 Å². The molecule has 4 aromatic rings. The second kappa shape index (κ2) is 17.9. The highest BCUT2D eigenvalue weighted by Crippen LogP contribution is 2.28. The lowest BCUT2D eigenvalue weighted by Crippen LogP contribution is -2.55. The van der Waals surface area contributed by atoms with Gasteiger partial charge in [0.1, 0.15) is 0 Å². The monoisotopic (exact) mass is 690 g/mol. The molecule has 3 heterocycles. The lowest BCUT2D eigenvalue weighted by atomic mass is 10.0. The third-order valence-corrected chi connectivity index (χ3v) is 9.95. The van der Waals surface area contributed by atoms with Crippen molar-refractivity contribution in [2.45, 2.75) is 64.2 Å². The molecular formula is C41H50N6O4. The molecule has 10 heteroatoms. The smallest absolute Gasteiger partial charge is 0.275 e. The summed E-state index contributed by atoms with van der Waals surface area (Å²) in [6, 6.07) is 30.9. The van der Waals surface area contributed by atoms with E-state index in [1.807, 2.05) is 56.8 Å². The van der Waals surface area contributed by atoms with Gasteiger partial charge in [-0.1, -0.05) is 91.0 Å². The number of carbonyl (C=O) groups is 3. The number of nitrogens with zero attached hydrogens (tertiary/aromatic N) is 5. The fourth-order valence-electron chi connectivity index (χ4n) is 7.35. The highest BCUT2D eigenvalue weighted by atomic mass is 16.5. The molecule has 1 N–H and O–H groups in total. The molecule has 2 aliphatic heterocycles. The van der Waals surface area contributed by atoms with Gasteiger partial charge >= 0.3 is 0 Å². The number of carbonyl (C=O) groups excluding carboxylic acids is 3. The minimum Gasteiger partial charge on any atom is -0.381 e. The van der Waals surface area contributed by atoms with Crippen LogP contribution in [0, 0.1) is 0 Å². The number of amides is 3. The molecule has 6 rings (SSSR count). The Hall–Kier alpha value is -4.80. The summed E-state index contributed by atoms with van der Waals surface area (Å²) in [5.41, 5.74) is 4.60. The van der Waals surface area contributed by atoms with Gasteiger partial charge in [0.2, 0.25) is 11.8 Å². The van der Waals surface area contributed by atoms with Crippen LogP contribution < -0.4 is 5.32 Å². The molecule has 10 nitrogen and oxygen atoms in total. The molecule has 2 aliphatic rings.